The SMILES string of the molecule is Cc1ccc(C)c(-n2ncc(C(=O)N3CCCC(n4ccc(C(F)(F)F)n4)C3)c2C)c1. The summed E-state index contributed by atoms with van der Waals surface area (Å²) in [6, 6.07) is 6.75. The lowest BCUT2D eigenvalue weighted by molar-refractivity contribution is -0.141. The van der Waals surface area contributed by atoms with Crippen molar-refractivity contribution in [3.05, 3.63) is 64.7 Å². The number of rotatable bonds is 3. The molecule has 0 aliphatic carbocycles. The van der Waals surface area contributed by atoms with Gasteiger partial charge in [0.25, 0.3) is 5.91 Å². The van der Waals surface area contributed by atoms with E-state index in [0.717, 1.165) is 28.6 Å². The molecule has 1 aliphatic rings. The van der Waals surface area contributed by atoms with Gasteiger partial charge in [-0.15, -0.1) is 0 Å². The van der Waals surface area contributed by atoms with E-state index in [-0.39, 0.29) is 11.9 Å². The quantitative estimate of drug-likeness (QED) is 0.614. The van der Waals surface area contributed by atoms with Gasteiger partial charge in [-0.3, -0.25) is 9.48 Å². The second-order valence-electron chi connectivity index (χ2n) is 8.07. The third kappa shape index (κ3) is 4.08. The zero-order chi connectivity index (χ0) is 22.3. The monoisotopic (exact) mass is 431 g/mol. The molecule has 6 nitrogen and oxygen atoms in total. The molecule has 3 aromatic rings. The van der Waals surface area contributed by atoms with E-state index in [1.807, 2.05) is 39.0 Å². The van der Waals surface area contributed by atoms with Crippen LogP contribution in [0, 0.1) is 20.8 Å². The van der Waals surface area contributed by atoms with E-state index in [1.54, 1.807) is 15.8 Å². The van der Waals surface area contributed by atoms with Gasteiger partial charge in [-0.05, 0) is 56.9 Å². The van der Waals surface area contributed by atoms with Crippen molar-refractivity contribution in [3.8, 4) is 5.69 Å². The predicted octanol–water partition coefficient (Wildman–Crippen LogP) is 4.49. The minimum Gasteiger partial charge on any atom is -0.336 e. The zero-order valence-electron chi connectivity index (χ0n) is 17.6. The summed E-state index contributed by atoms with van der Waals surface area (Å²) in [5.74, 6) is -0.165. The van der Waals surface area contributed by atoms with Gasteiger partial charge in [-0.1, -0.05) is 12.1 Å². The number of aryl methyl sites for hydroxylation is 2. The smallest absolute Gasteiger partial charge is 0.336 e. The normalized spacial score (nSPS) is 17.2. The molecular formula is C22H24F3N5O. The molecule has 3 heterocycles. The van der Waals surface area contributed by atoms with Crippen molar-refractivity contribution in [1.82, 2.24) is 24.5 Å². The highest BCUT2D eigenvalue weighted by Gasteiger charge is 2.35. The van der Waals surface area contributed by atoms with Crippen LogP contribution < -0.4 is 0 Å². The number of carbonyl (C=O) groups excluding carboxylic acids is 1. The number of alkyl halides is 3. The van der Waals surface area contributed by atoms with Gasteiger partial charge in [0.2, 0.25) is 0 Å². The lowest BCUT2D eigenvalue weighted by Gasteiger charge is -2.32. The van der Waals surface area contributed by atoms with Gasteiger partial charge >= 0.3 is 6.18 Å². The molecule has 1 amide bonds. The van der Waals surface area contributed by atoms with Crippen LogP contribution in [-0.4, -0.2) is 43.5 Å². The Morgan fingerprint density at radius 2 is 1.94 bits per heavy atom. The Labute approximate surface area is 178 Å². The topological polar surface area (TPSA) is 56.0 Å². The molecule has 1 saturated heterocycles. The van der Waals surface area contributed by atoms with Gasteiger partial charge in [0.15, 0.2) is 5.69 Å². The Bertz CT molecular complexity index is 1110. The fourth-order valence-electron chi connectivity index (χ4n) is 4.03. The second-order valence-corrected chi connectivity index (χ2v) is 8.07. The van der Waals surface area contributed by atoms with Crippen molar-refractivity contribution in [2.45, 2.75) is 45.8 Å². The van der Waals surface area contributed by atoms with Gasteiger partial charge < -0.3 is 4.90 Å². The lowest BCUT2D eigenvalue weighted by Crippen LogP contribution is -2.41. The molecule has 0 radical (unpaired) electrons. The molecule has 1 aromatic carbocycles. The van der Waals surface area contributed by atoms with Gasteiger partial charge in [0.05, 0.1) is 29.2 Å². The van der Waals surface area contributed by atoms with Crippen molar-refractivity contribution in [2.24, 2.45) is 0 Å². The molecule has 4 rings (SSSR count). The molecule has 31 heavy (non-hydrogen) atoms. The summed E-state index contributed by atoms with van der Waals surface area (Å²) in [4.78, 5) is 14.9. The Hall–Kier alpha value is -3.10. The van der Waals surface area contributed by atoms with E-state index in [2.05, 4.69) is 10.2 Å². The maximum atomic E-state index is 13.2. The van der Waals surface area contributed by atoms with Crippen molar-refractivity contribution >= 4 is 5.91 Å². The van der Waals surface area contributed by atoms with E-state index in [1.165, 1.54) is 10.9 Å². The van der Waals surface area contributed by atoms with Crippen molar-refractivity contribution < 1.29 is 18.0 Å². The number of benzene rings is 1. The molecular weight excluding hydrogens is 407 g/mol. The average Bonchev–Trinajstić information content (AvgIpc) is 3.37. The van der Waals surface area contributed by atoms with Crippen molar-refractivity contribution in [3.63, 3.8) is 0 Å². The first kappa shape index (κ1) is 21.1. The Balaban J connectivity index is 1.55. The van der Waals surface area contributed by atoms with Crippen molar-refractivity contribution in [2.75, 3.05) is 13.1 Å². The zero-order valence-corrected chi connectivity index (χ0v) is 17.6. The summed E-state index contributed by atoms with van der Waals surface area (Å²) in [6.45, 7) is 6.71. The molecule has 164 valence electrons. The van der Waals surface area contributed by atoms with Crippen LogP contribution in [-0.2, 0) is 6.18 Å². The van der Waals surface area contributed by atoms with E-state index in [9.17, 15) is 18.0 Å². The summed E-state index contributed by atoms with van der Waals surface area (Å²) in [7, 11) is 0. The minimum atomic E-state index is -4.48. The molecule has 0 N–H and O–H groups in total. The molecule has 0 bridgehead atoms. The highest BCUT2D eigenvalue weighted by atomic mass is 19.4. The summed E-state index contributed by atoms with van der Waals surface area (Å²) in [5.41, 5.74) is 3.39. The van der Waals surface area contributed by atoms with Crippen LogP contribution in [0.4, 0.5) is 13.2 Å². The first-order valence-corrected chi connectivity index (χ1v) is 10.2. The fraction of sp³-hybridized carbons (Fsp3) is 0.409. The van der Waals surface area contributed by atoms with Gasteiger partial charge in [0, 0.05) is 19.3 Å². The van der Waals surface area contributed by atoms with Crippen LogP contribution in [0.3, 0.4) is 0 Å². The largest absolute Gasteiger partial charge is 0.435 e. The number of amides is 1. The lowest BCUT2D eigenvalue weighted by atomic mass is 10.0. The molecule has 1 fully saturated rings. The molecule has 9 heteroatoms. The maximum absolute atomic E-state index is 13.2. The van der Waals surface area contributed by atoms with Crippen LogP contribution in [0.1, 0.15) is 51.8 Å². The third-order valence-corrected chi connectivity index (χ3v) is 5.79. The van der Waals surface area contributed by atoms with Crippen molar-refractivity contribution in [1.29, 1.82) is 0 Å². The number of aromatic nitrogens is 4. The highest BCUT2D eigenvalue weighted by Crippen LogP contribution is 2.30. The number of hydrogen-bond donors (Lipinski definition) is 0. The molecule has 1 aliphatic heterocycles. The maximum Gasteiger partial charge on any atom is 0.435 e. The van der Waals surface area contributed by atoms with E-state index < -0.39 is 11.9 Å². The summed E-state index contributed by atoms with van der Waals surface area (Å²) < 4.78 is 41.7. The number of halogens is 3. The number of carbonyl (C=O) groups is 1. The number of likely N-dealkylation sites (tertiary alicyclic amines) is 1. The molecule has 2 aromatic heterocycles. The van der Waals surface area contributed by atoms with Crippen LogP contribution in [0.2, 0.25) is 0 Å². The second kappa shape index (κ2) is 7.86. The molecule has 0 saturated carbocycles. The fourth-order valence-corrected chi connectivity index (χ4v) is 4.03. The van der Waals surface area contributed by atoms with E-state index in [0.29, 0.717) is 31.5 Å². The summed E-state index contributed by atoms with van der Waals surface area (Å²) in [6.07, 6.45) is -0.204. The summed E-state index contributed by atoms with van der Waals surface area (Å²) in [5, 5.41) is 8.13. The van der Waals surface area contributed by atoms with Crippen LogP contribution in [0.25, 0.3) is 5.69 Å². The number of hydrogen-bond acceptors (Lipinski definition) is 3. The van der Waals surface area contributed by atoms with Crippen LogP contribution in [0.5, 0.6) is 0 Å². The number of nitrogens with zero attached hydrogens (tertiary/aromatic N) is 5. The van der Waals surface area contributed by atoms with Crippen LogP contribution >= 0.6 is 0 Å². The average molecular weight is 431 g/mol. The minimum absolute atomic E-state index is 0.165. The first-order chi connectivity index (χ1) is 14.6. The molecule has 1 unspecified atom stereocenters. The van der Waals surface area contributed by atoms with Gasteiger partial charge in [0.1, 0.15) is 0 Å². The Morgan fingerprint density at radius 3 is 2.65 bits per heavy atom. The van der Waals surface area contributed by atoms with E-state index in [4.69, 9.17) is 0 Å². The van der Waals surface area contributed by atoms with Crippen LogP contribution in [0.15, 0.2) is 36.7 Å². The predicted molar refractivity (Wildman–Crippen MR) is 109 cm³/mol. The molecule has 0 spiro atoms. The summed E-state index contributed by atoms with van der Waals surface area (Å²) >= 11 is 0. The van der Waals surface area contributed by atoms with E-state index >= 15 is 0 Å². The standard InChI is InChI=1S/C22H24F3N5O/c1-14-6-7-15(2)19(11-14)30-16(3)18(12-26-30)21(31)28-9-4-5-17(13-28)29-10-8-20(27-29)22(23,24)25/h6-8,10-12,17H,4-5,9,13H2,1-3H3. The van der Waals surface area contributed by atoms with Gasteiger partial charge in [-0.2, -0.15) is 23.4 Å². The third-order valence-electron chi connectivity index (χ3n) is 5.79. The first-order valence-electron chi connectivity index (χ1n) is 10.2. The molecule has 1 atom stereocenters. The Morgan fingerprint density at radius 1 is 1.16 bits per heavy atom. The highest BCUT2D eigenvalue weighted by molar-refractivity contribution is 5.95. The van der Waals surface area contributed by atoms with Gasteiger partial charge in [-0.25, -0.2) is 4.68 Å². The number of piperidine rings is 1. The Kier molecular flexibility index (Phi) is 5.36.